The first kappa shape index (κ1) is 11.4. The van der Waals surface area contributed by atoms with Crippen molar-refractivity contribution in [1.82, 2.24) is 5.32 Å². The van der Waals surface area contributed by atoms with E-state index in [9.17, 15) is 9.59 Å². The van der Waals surface area contributed by atoms with E-state index in [0.29, 0.717) is 5.56 Å². The van der Waals surface area contributed by atoms with Crippen molar-refractivity contribution in [2.24, 2.45) is 0 Å². The lowest BCUT2D eigenvalue weighted by atomic mass is 10.1. The molecular formula is C12H14N2O3. The van der Waals surface area contributed by atoms with Crippen molar-refractivity contribution < 1.29 is 14.7 Å². The standard InChI is InChI=1S/C12H14N2O3/c1-7(12(16)17)14-11(15)9-3-2-8-4-5-13-10(8)6-9/h2-3,6-7,13H,4-5H2,1H3,(H,14,15)(H,16,17). The molecular weight excluding hydrogens is 220 g/mol. The predicted octanol–water partition coefficient (Wildman–Crippen LogP) is 0.858. The van der Waals surface area contributed by atoms with Crippen LogP contribution in [0.3, 0.4) is 0 Å². The third-order valence-electron chi connectivity index (χ3n) is 2.80. The van der Waals surface area contributed by atoms with E-state index in [1.54, 1.807) is 12.1 Å². The van der Waals surface area contributed by atoms with E-state index in [4.69, 9.17) is 5.11 Å². The van der Waals surface area contributed by atoms with Crippen LogP contribution in [0.5, 0.6) is 0 Å². The highest BCUT2D eigenvalue weighted by Gasteiger charge is 2.17. The number of carbonyl (C=O) groups excluding carboxylic acids is 1. The largest absolute Gasteiger partial charge is 0.480 e. The molecule has 1 aromatic rings. The summed E-state index contributed by atoms with van der Waals surface area (Å²) in [4.78, 5) is 22.4. The van der Waals surface area contributed by atoms with Crippen molar-refractivity contribution in [3.05, 3.63) is 29.3 Å². The number of anilines is 1. The molecule has 1 amide bonds. The highest BCUT2D eigenvalue weighted by Crippen LogP contribution is 2.23. The van der Waals surface area contributed by atoms with E-state index < -0.39 is 12.0 Å². The Balaban J connectivity index is 2.12. The molecule has 1 unspecified atom stereocenters. The van der Waals surface area contributed by atoms with Crippen molar-refractivity contribution >= 4 is 17.6 Å². The maximum atomic E-state index is 11.8. The molecule has 1 aliphatic heterocycles. The summed E-state index contributed by atoms with van der Waals surface area (Å²) >= 11 is 0. The summed E-state index contributed by atoms with van der Waals surface area (Å²) in [6.07, 6.45) is 0.961. The Hall–Kier alpha value is -2.04. The minimum absolute atomic E-state index is 0.364. The molecule has 90 valence electrons. The molecule has 0 saturated carbocycles. The van der Waals surface area contributed by atoms with E-state index in [2.05, 4.69) is 10.6 Å². The van der Waals surface area contributed by atoms with Crippen molar-refractivity contribution in [1.29, 1.82) is 0 Å². The number of carboxylic acids is 1. The number of nitrogens with one attached hydrogen (secondary N) is 2. The van der Waals surface area contributed by atoms with Gasteiger partial charge in [-0.3, -0.25) is 9.59 Å². The SMILES string of the molecule is CC(NC(=O)c1ccc2c(c1)NCC2)C(=O)O. The summed E-state index contributed by atoms with van der Waals surface area (Å²) in [5.41, 5.74) is 2.62. The van der Waals surface area contributed by atoms with Gasteiger partial charge in [0.2, 0.25) is 0 Å². The Morgan fingerprint density at radius 1 is 1.47 bits per heavy atom. The second-order valence-corrected chi connectivity index (χ2v) is 4.08. The normalized spacial score (nSPS) is 14.6. The number of aliphatic carboxylic acids is 1. The van der Waals surface area contributed by atoms with Gasteiger partial charge in [0, 0.05) is 17.8 Å². The fraction of sp³-hybridized carbons (Fsp3) is 0.333. The Morgan fingerprint density at radius 2 is 2.24 bits per heavy atom. The zero-order valence-corrected chi connectivity index (χ0v) is 9.49. The van der Waals surface area contributed by atoms with Crippen molar-refractivity contribution in [3.63, 3.8) is 0 Å². The van der Waals surface area contributed by atoms with Gasteiger partial charge >= 0.3 is 5.97 Å². The molecule has 0 spiro atoms. The number of fused-ring (bicyclic) bond motifs is 1. The fourth-order valence-corrected chi connectivity index (χ4v) is 1.77. The van der Waals surface area contributed by atoms with Crippen LogP contribution in [0, 0.1) is 0 Å². The third-order valence-corrected chi connectivity index (χ3v) is 2.80. The van der Waals surface area contributed by atoms with Crippen LogP contribution in [0.1, 0.15) is 22.8 Å². The van der Waals surface area contributed by atoms with Gasteiger partial charge < -0.3 is 15.7 Å². The van der Waals surface area contributed by atoms with Crippen molar-refractivity contribution in [2.45, 2.75) is 19.4 Å². The van der Waals surface area contributed by atoms with Crippen LogP contribution in [0.4, 0.5) is 5.69 Å². The smallest absolute Gasteiger partial charge is 0.325 e. The predicted molar refractivity (Wildman–Crippen MR) is 63.2 cm³/mol. The number of carbonyl (C=O) groups is 2. The van der Waals surface area contributed by atoms with Crippen LogP contribution in [0.15, 0.2) is 18.2 Å². The molecule has 0 saturated heterocycles. The summed E-state index contributed by atoms with van der Waals surface area (Å²) in [5, 5.41) is 14.3. The van der Waals surface area contributed by atoms with Crippen molar-refractivity contribution in [3.8, 4) is 0 Å². The maximum Gasteiger partial charge on any atom is 0.325 e. The van der Waals surface area contributed by atoms with Gasteiger partial charge in [0.05, 0.1) is 0 Å². The zero-order valence-electron chi connectivity index (χ0n) is 9.49. The molecule has 1 aromatic carbocycles. The average molecular weight is 234 g/mol. The summed E-state index contributed by atoms with van der Waals surface area (Å²) in [6, 6.07) is 4.49. The molecule has 17 heavy (non-hydrogen) atoms. The number of benzene rings is 1. The van der Waals surface area contributed by atoms with Gasteiger partial charge in [0.1, 0.15) is 6.04 Å². The van der Waals surface area contributed by atoms with E-state index >= 15 is 0 Å². The summed E-state index contributed by atoms with van der Waals surface area (Å²) in [7, 11) is 0. The lowest BCUT2D eigenvalue weighted by Crippen LogP contribution is -2.38. The summed E-state index contributed by atoms with van der Waals surface area (Å²) in [6.45, 7) is 2.32. The van der Waals surface area contributed by atoms with Crippen molar-refractivity contribution in [2.75, 3.05) is 11.9 Å². The van der Waals surface area contributed by atoms with Gasteiger partial charge in [-0.05, 0) is 31.0 Å². The summed E-state index contributed by atoms with van der Waals surface area (Å²) < 4.78 is 0. The second kappa shape index (κ2) is 4.45. The van der Waals surface area contributed by atoms with Gasteiger partial charge in [-0.15, -0.1) is 0 Å². The zero-order chi connectivity index (χ0) is 12.4. The second-order valence-electron chi connectivity index (χ2n) is 4.08. The molecule has 5 heteroatoms. The van der Waals surface area contributed by atoms with Crippen LogP contribution < -0.4 is 10.6 Å². The number of hydrogen-bond acceptors (Lipinski definition) is 3. The van der Waals surface area contributed by atoms with Crippen LogP contribution >= 0.6 is 0 Å². The molecule has 1 aliphatic rings. The monoisotopic (exact) mass is 234 g/mol. The molecule has 3 N–H and O–H groups in total. The highest BCUT2D eigenvalue weighted by molar-refractivity contribution is 5.97. The Labute approximate surface area is 98.8 Å². The van der Waals surface area contributed by atoms with E-state index in [1.807, 2.05) is 6.07 Å². The minimum atomic E-state index is -1.04. The third kappa shape index (κ3) is 2.38. The minimum Gasteiger partial charge on any atom is -0.480 e. The molecule has 0 radical (unpaired) electrons. The number of amides is 1. The van der Waals surface area contributed by atoms with Crippen LogP contribution in [0.25, 0.3) is 0 Å². The molecule has 5 nitrogen and oxygen atoms in total. The maximum absolute atomic E-state index is 11.8. The van der Waals surface area contributed by atoms with Crippen LogP contribution in [0.2, 0.25) is 0 Å². The molecule has 0 fully saturated rings. The average Bonchev–Trinajstić information content (AvgIpc) is 2.75. The van der Waals surface area contributed by atoms with Gasteiger partial charge in [0.25, 0.3) is 5.91 Å². The number of carboxylic acid groups (broad SMARTS) is 1. The van der Waals surface area contributed by atoms with E-state index in [1.165, 1.54) is 12.5 Å². The van der Waals surface area contributed by atoms with Gasteiger partial charge in [-0.2, -0.15) is 0 Å². The van der Waals surface area contributed by atoms with Gasteiger partial charge in [0.15, 0.2) is 0 Å². The topological polar surface area (TPSA) is 78.4 Å². The van der Waals surface area contributed by atoms with E-state index in [-0.39, 0.29) is 5.91 Å². The first-order valence-electron chi connectivity index (χ1n) is 5.48. The first-order valence-corrected chi connectivity index (χ1v) is 5.48. The molecule has 0 aromatic heterocycles. The first-order chi connectivity index (χ1) is 8.08. The van der Waals surface area contributed by atoms with Gasteiger partial charge in [-0.25, -0.2) is 0 Å². The Morgan fingerprint density at radius 3 is 2.94 bits per heavy atom. The van der Waals surface area contributed by atoms with E-state index in [0.717, 1.165) is 18.7 Å². The number of rotatable bonds is 3. The van der Waals surface area contributed by atoms with Crippen LogP contribution in [-0.2, 0) is 11.2 Å². The molecule has 1 atom stereocenters. The number of hydrogen-bond donors (Lipinski definition) is 3. The lowest BCUT2D eigenvalue weighted by Gasteiger charge is -2.10. The molecule has 0 bridgehead atoms. The Bertz CT molecular complexity index is 471. The lowest BCUT2D eigenvalue weighted by molar-refractivity contribution is -0.138. The Kier molecular flexibility index (Phi) is 2.99. The fourth-order valence-electron chi connectivity index (χ4n) is 1.77. The quantitative estimate of drug-likeness (QED) is 0.724. The van der Waals surface area contributed by atoms with Gasteiger partial charge in [-0.1, -0.05) is 6.07 Å². The molecule has 0 aliphatic carbocycles. The molecule has 1 heterocycles. The van der Waals surface area contributed by atoms with Crippen LogP contribution in [-0.4, -0.2) is 29.6 Å². The molecule has 2 rings (SSSR count). The summed E-state index contributed by atoms with van der Waals surface area (Å²) in [5.74, 6) is -1.41. The highest BCUT2D eigenvalue weighted by atomic mass is 16.4.